The molecule has 1 aromatic carbocycles. The van der Waals surface area contributed by atoms with E-state index in [1.807, 2.05) is 24.3 Å². The van der Waals surface area contributed by atoms with Gasteiger partial charge in [0.15, 0.2) is 5.65 Å². The number of hydrogen-bond donors (Lipinski definition) is 1. The number of carbonyl (C=O) groups is 1. The Bertz CT molecular complexity index is 1180. The maximum atomic E-state index is 13.4. The fraction of sp³-hybridized carbons (Fsp3) is 0.143. The predicted molar refractivity (Wildman–Crippen MR) is 103 cm³/mol. The van der Waals surface area contributed by atoms with Gasteiger partial charge >= 0.3 is 0 Å². The van der Waals surface area contributed by atoms with Crippen molar-refractivity contribution in [2.45, 2.75) is 12.8 Å². The van der Waals surface area contributed by atoms with Crippen molar-refractivity contribution >= 4 is 17.4 Å². The minimum atomic E-state index is -0.304. The van der Waals surface area contributed by atoms with Gasteiger partial charge in [-0.05, 0) is 61.4 Å². The van der Waals surface area contributed by atoms with E-state index in [0.29, 0.717) is 17.2 Å². The van der Waals surface area contributed by atoms with Crippen molar-refractivity contribution in [2.24, 2.45) is 5.92 Å². The summed E-state index contributed by atoms with van der Waals surface area (Å²) in [6.45, 7) is 0. The van der Waals surface area contributed by atoms with Crippen molar-refractivity contribution in [3.8, 4) is 22.5 Å². The molecule has 1 fully saturated rings. The summed E-state index contributed by atoms with van der Waals surface area (Å²) in [5.74, 6) is 0.281. The molecule has 0 unspecified atom stereocenters. The molecule has 1 N–H and O–H groups in total. The summed E-state index contributed by atoms with van der Waals surface area (Å²) >= 11 is 0. The molecule has 0 aliphatic heterocycles. The van der Waals surface area contributed by atoms with E-state index in [9.17, 15) is 9.18 Å². The minimum Gasteiger partial charge on any atom is -0.310 e. The summed E-state index contributed by atoms with van der Waals surface area (Å²) in [6.07, 6.45) is 5.19. The molecule has 0 radical (unpaired) electrons. The monoisotopic (exact) mass is 373 g/mol. The van der Waals surface area contributed by atoms with Gasteiger partial charge < -0.3 is 5.32 Å². The summed E-state index contributed by atoms with van der Waals surface area (Å²) in [6, 6.07) is 13.5. The number of amides is 1. The van der Waals surface area contributed by atoms with Gasteiger partial charge in [-0.3, -0.25) is 4.79 Å². The molecule has 0 bridgehead atoms. The van der Waals surface area contributed by atoms with Crippen molar-refractivity contribution in [1.29, 1.82) is 0 Å². The first kappa shape index (κ1) is 16.6. The van der Waals surface area contributed by atoms with Crippen LogP contribution in [0.3, 0.4) is 0 Å². The Morgan fingerprint density at radius 2 is 1.89 bits per heavy atom. The number of pyridine rings is 1. The first-order valence-electron chi connectivity index (χ1n) is 9.06. The lowest BCUT2D eigenvalue weighted by molar-refractivity contribution is -0.117. The minimum absolute atomic E-state index is 0.000301. The zero-order chi connectivity index (χ0) is 19.1. The van der Waals surface area contributed by atoms with Gasteiger partial charge in [0, 0.05) is 29.4 Å². The molecule has 1 aliphatic carbocycles. The molecule has 0 spiro atoms. The van der Waals surface area contributed by atoms with Crippen LogP contribution in [-0.2, 0) is 4.79 Å². The molecule has 1 amide bonds. The second-order valence-electron chi connectivity index (χ2n) is 6.80. The third-order valence-corrected chi connectivity index (χ3v) is 4.74. The van der Waals surface area contributed by atoms with E-state index in [4.69, 9.17) is 0 Å². The number of rotatable bonds is 4. The number of aromatic nitrogens is 4. The number of halogens is 1. The number of anilines is 1. The van der Waals surface area contributed by atoms with Crippen molar-refractivity contribution in [3.05, 3.63) is 66.7 Å². The zero-order valence-corrected chi connectivity index (χ0v) is 14.8. The Balaban J connectivity index is 1.64. The van der Waals surface area contributed by atoms with Crippen LogP contribution in [0.25, 0.3) is 28.2 Å². The number of imidazole rings is 1. The van der Waals surface area contributed by atoms with E-state index < -0.39 is 0 Å². The van der Waals surface area contributed by atoms with E-state index in [0.717, 1.165) is 29.7 Å². The number of carbonyl (C=O) groups excluding carboxylic acids is 1. The molecule has 138 valence electrons. The van der Waals surface area contributed by atoms with Gasteiger partial charge in [-0.1, -0.05) is 0 Å². The SMILES string of the molecule is O=C(Nc1cc(-c2c(-c3ccc(F)cc3)nc3cccnn23)ccn1)C1CC1. The Labute approximate surface area is 160 Å². The van der Waals surface area contributed by atoms with E-state index in [-0.39, 0.29) is 17.6 Å². The molecule has 5 rings (SSSR count). The largest absolute Gasteiger partial charge is 0.310 e. The molecular formula is C21H16FN5O. The van der Waals surface area contributed by atoms with Crippen LogP contribution in [0.2, 0.25) is 0 Å². The first-order chi connectivity index (χ1) is 13.7. The molecule has 4 aromatic rings. The summed E-state index contributed by atoms with van der Waals surface area (Å²) in [5.41, 5.74) is 3.71. The molecule has 6 nitrogen and oxygen atoms in total. The Hall–Kier alpha value is -3.61. The van der Waals surface area contributed by atoms with Crippen LogP contribution in [0.4, 0.5) is 10.2 Å². The molecule has 1 aliphatic rings. The summed E-state index contributed by atoms with van der Waals surface area (Å²) < 4.78 is 15.1. The highest BCUT2D eigenvalue weighted by molar-refractivity contribution is 5.94. The first-order valence-corrected chi connectivity index (χ1v) is 9.06. The summed E-state index contributed by atoms with van der Waals surface area (Å²) in [5, 5.41) is 7.29. The molecule has 3 aromatic heterocycles. The van der Waals surface area contributed by atoms with Gasteiger partial charge in [-0.2, -0.15) is 5.10 Å². The van der Waals surface area contributed by atoms with Crippen LogP contribution < -0.4 is 5.32 Å². The van der Waals surface area contributed by atoms with Crippen LogP contribution in [0.15, 0.2) is 60.9 Å². The lowest BCUT2D eigenvalue weighted by atomic mass is 10.1. The normalized spacial score (nSPS) is 13.6. The van der Waals surface area contributed by atoms with Crippen molar-refractivity contribution in [1.82, 2.24) is 19.6 Å². The number of benzene rings is 1. The number of nitrogens with one attached hydrogen (secondary N) is 1. The fourth-order valence-corrected chi connectivity index (χ4v) is 3.18. The van der Waals surface area contributed by atoms with Crippen molar-refractivity contribution in [3.63, 3.8) is 0 Å². The molecule has 3 heterocycles. The molecule has 1 saturated carbocycles. The summed E-state index contributed by atoms with van der Waals surface area (Å²) in [7, 11) is 0. The van der Waals surface area contributed by atoms with Crippen LogP contribution in [-0.4, -0.2) is 25.5 Å². The molecule has 7 heteroatoms. The van der Waals surface area contributed by atoms with Gasteiger partial charge in [0.05, 0.1) is 5.69 Å². The molecule has 28 heavy (non-hydrogen) atoms. The molecule has 0 atom stereocenters. The lowest BCUT2D eigenvalue weighted by Gasteiger charge is -2.08. The standard InChI is InChI=1S/C21H16FN5O/c22-16-7-5-13(6-8-16)19-20(27-18(26-19)2-1-10-24-27)15-9-11-23-17(12-15)25-21(28)14-3-4-14/h1-2,5-12,14H,3-4H2,(H,23,25,28). The van der Waals surface area contributed by atoms with Crippen LogP contribution in [0.5, 0.6) is 0 Å². The van der Waals surface area contributed by atoms with Gasteiger partial charge in [0.25, 0.3) is 0 Å². The smallest absolute Gasteiger partial charge is 0.228 e. The zero-order valence-electron chi connectivity index (χ0n) is 14.8. The summed E-state index contributed by atoms with van der Waals surface area (Å²) in [4.78, 5) is 21.0. The average molecular weight is 373 g/mol. The van der Waals surface area contributed by atoms with E-state index in [1.165, 1.54) is 12.1 Å². The van der Waals surface area contributed by atoms with Gasteiger partial charge in [0.2, 0.25) is 5.91 Å². The van der Waals surface area contributed by atoms with E-state index in [2.05, 4.69) is 20.4 Å². The number of hydrogen-bond acceptors (Lipinski definition) is 4. The van der Waals surface area contributed by atoms with Crippen molar-refractivity contribution in [2.75, 3.05) is 5.32 Å². The Morgan fingerprint density at radius 3 is 2.68 bits per heavy atom. The van der Waals surface area contributed by atoms with Gasteiger partial charge in [-0.15, -0.1) is 0 Å². The predicted octanol–water partition coefficient (Wildman–Crippen LogP) is 3.95. The second kappa shape index (κ2) is 6.53. The van der Waals surface area contributed by atoms with Crippen LogP contribution in [0, 0.1) is 11.7 Å². The highest BCUT2D eigenvalue weighted by Gasteiger charge is 2.30. The van der Waals surface area contributed by atoms with E-state index in [1.54, 1.807) is 29.0 Å². The maximum Gasteiger partial charge on any atom is 0.228 e. The average Bonchev–Trinajstić information content (AvgIpc) is 3.49. The quantitative estimate of drug-likeness (QED) is 0.588. The maximum absolute atomic E-state index is 13.4. The van der Waals surface area contributed by atoms with Gasteiger partial charge in [0.1, 0.15) is 17.3 Å². The fourth-order valence-electron chi connectivity index (χ4n) is 3.18. The Kier molecular flexibility index (Phi) is 3.86. The highest BCUT2D eigenvalue weighted by Crippen LogP contribution is 2.34. The lowest BCUT2D eigenvalue weighted by Crippen LogP contribution is -2.14. The Morgan fingerprint density at radius 1 is 1.07 bits per heavy atom. The van der Waals surface area contributed by atoms with Crippen LogP contribution >= 0.6 is 0 Å². The van der Waals surface area contributed by atoms with E-state index >= 15 is 0 Å². The topological polar surface area (TPSA) is 72.2 Å². The molecule has 0 saturated heterocycles. The molecular weight excluding hydrogens is 357 g/mol. The number of nitrogens with zero attached hydrogens (tertiary/aromatic N) is 4. The third-order valence-electron chi connectivity index (χ3n) is 4.74. The van der Waals surface area contributed by atoms with Crippen molar-refractivity contribution < 1.29 is 9.18 Å². The highest BCUT2D eigenvalue weighted by atomic mass is 19.1. The third kappa shape index (κ3) is 3.00. The van der Waals surface area contributed by atoms with Gasteiger partial charge in [-0.25, -0.2) is 18.9 Å². The number of fused-ring (bicyclic) bond motifs is 1. The second-order valence-corrected chi connectivity index (χ2v) is 6.80. The van der Waals surface area contributed by atoms with Crippen LogP contribution in [0.1, 0.15) is 12.8 Å².